The van der Waals surface area contributed by atoms with Crippen LogP contribution >= 0.6 is 0 Å². The summed E-state index contributed by atoms with van der Waals surface area (Å²) < 4.78 is 33.3. The molecule has 0 amide bonds. The number of aromatic amines is 1. The zero-order valence-electron chi connectivity index (χ0n) is 12.1. The van der Waals surface area contributed by atoms with Gasteiger partial charge in [-0.1, -0.05) is 0 Å². The van der Waals surface area contributed by atoms with E-state index in [4.69, 9.17) is 4.74 Å². The first-order valence-electron chi connectivity index (χ1n) is 6.88. The van der Waals surface area contributed by atoms with Crippen LogP contribution in [0.25, 0.3) is 0 Å². The summed E-state index contributed by atoms with van der Waals surface area (Å²) in [7, 11) is -3.63. The number of aromatic nitrogens is 2. The van der Waals surface area contributed by atoms with Gasteiger partial charge in [0.1, 0.15) is 5.82 Å². The van der Waals surface area contributed by atoms with Crippen LogP contribution in [0.5, 0.6) is 0 Å². The summed E-state index contributed by atoms with van der Waals surface area (Å²) in [6.07, 6.45) is 2.49. The first-order valence-corrected chi connectivity index (χ1v) is 8.32. The van der Waals surface area contributed by atoms with Gasteiger partial charge >= 0.3 is 16.2 Å². The van der Waals surface area contributed by atoms with Crippen LogP contribution in [0.1, 0.15) is 25.3 Å². The maximum atomic E-state index is 12.3. The van der Waals surface area contributed by atoms with Gasteiger partial charge in [-0.25, -0.2) is 0 Å². The van der Waals surface area contributed by atoms with Crippen LogP contribution in [-0.4, -0.2) is 48.6 Å². The zero-order valence-corrected chi connectivity index (χ0v) is 12.9. The Morgan fingerprint density at radius 1 is 1.52 bits per heavy atom. The lowest BCUT2D eigenvalue weighted by atomic mass is 9.98. The van der Waals surface area contributed by atoms with Gasteiger partial charge in [0, 0.05) is 18.7 Å². The number of hydrogen-bond donors (Lipinski definition) is 2. The van der Waals surface area contributed by atoms with E-state index >= 15 is 0 Å². The molecule has 1 saturated heterocycles. The summed E-state index contributed by atoms with van der Waals surface area (Å²) in [5.74, 6) is -0.0975. The molecule has 1 aromatic rings. The highest BCUT2D eigenvalue weighted by molar-refractivity contribution is 7.90. The summed E-state index contributed by atoms with van der Waals surface area (Å²) >= 11 is 0. The predicted molar refractivity (Wildman–Crippen MR) is 76.8 cm³/mol. The second-order valence-electron chi connectivity index (χ2n) is 4.96. The highest BCUT2D eigenvalue weighted by atomic mass is 32.2. The molecule has 21 heavy (non-hydrogen) atoms. The molecule has 0 aromatic carbocycles. The van der Waals surface area contributed by atoms with Gasteiger partial charge in [-0.2, -0.15) is 17.8 Å². The number of esters is 1. The van der Waals surface area contributed by atoms with Crippen molar-refractivity contribution in [2.45, 2.75) is 26.7 Å². The Bertz CT molecular complexity index is 590. The average Bonchev–Trinajstić information content (AvgIpc) is 2.84. The summed E-state index contributed by atoms with van der Waals surface area (Å²) in [4.78, 5) is 11.6. The van der Waals surface area contributed by atoms with E-state index in [0.717, 1.165) is 5.56 Å². The summed E-state index contributed by atoms with van der Waals surface area (Å²) in [6.45, 7) is 4.46. The van der Waals surface area contributed by atoms with E-state index in [1.54, 1.807) is 20.0 Å². The van der Waals surface area contributed by atoms with Crippen molar-refractivity contribution in [1.82, 2.24) is 14.5 Å². The third-order valence-electron chi connectivity index (χ3n) is 3.47. The molecule has 9 heteroatoms. The Hall–Kier alpha value is -1.61. The van der Waals surface area contributed by atoms with Gasteiger partial charge in [-0.05, 0) is 26.7 Å². The van der Waals surface area contributed by atoms with E-state index in [1.165, 1.54) is 4.31 Å². The topological polar surface area (TPSA) is 104 Å². The van der Waals surface area contributed by atoms with Crippen molar-refractivity contribution in [1.29, 1.82) is 0 Å². The van der Waals surface area contributed by atoms with E-state index in [2.05, 4.69) is 14.9 Å². The average molecular weight is 316 g/mol. The van der Waals surface area contributed by atoms with Crippen molar-refractivity contribution in [3.05, 3.63) is 11.8 Å². The molecule has 0 bridgehead atoms. The number of anilines is 1. The lowest BCUT2D eigenvalue weighted by Crippen LogP contribution is -2.43. The largest absolute Gasteiger partial charge is 0.466 e. The highest BCUT2D eigenvalue weighted by Gasteiger charge is 2.32. The fourth-order valence-corrected chi connectivity index (χ4v) is 3.52. The summed E-state index contributed by atoms with van der Waals surface area (Å²) in [6, 6.07) is 0. The molecule has 2 rings (SSSR count). The van der Waals surface area contributed by atoms with E-state index in [0.29, 0.717) is 38.4 Å². The molecule has 1 aromatic heterocycles. The highest BCUT2D eigenvalue weighted by Crippen LogP contribution is 2.22. The van der Waals surface area contributed by atoms with E-state index in [-0.39, 0.29) is 11.9 Å². The van der Waals surface area contributed by atoms with Crippen molar-refractivity contribution in [3.63, 3.8) is 0 Å². The van der Waals surface area contributed by atoms with Crippen LogP contribution in [0.4, 0.5) is 5.82 Å². The molecular weight excluding hydrogens is 296 g/mol. The number of rotatable bonds is 5. The third-order valence-corrected chi connectivity index (χ3v) is 4.98. The lowest BCUT2D eigenvalue weighted by molar-refractivity contribution is -0.149. The van der Waals surface area contributed by atoms with Gasteiger partial charge in [0.15, 0.2) is 0 Å². The summed E-state index contributed by atoms with van der Waals surface area (Å²) in [5, 5.41) is 6.38. The lowest BCUT2D eigenvalue weighted by Gasteiger charge is -2.30. The molecule has 1 aliphatic rings. The van der Waals surface area contributed by atoms with Gasteiger partial charge < -0.3 is 4.74 Å². The zero-order chi connectivity index (χ0) is 15.5. The molecule has 118 valence electrons. The molecule has 0 radical (unpaired) electrons. The summed E-state index contributed by atoms with van der Waals surface area (Å²) in [5.41, 5.74) is 0.722. The molecule has 0 spiro atoms. The van der Waals surface area contributed by atoms with E-state index in [9.17, 15) is 13.2 Å². The van der Waals surface area contributed by atoms with E-state index in [1.807, 2.05) is 0 Å². The Kier molecular flexibility index (Phi) is 4.84. The van der Waals surface area contributed by atoms with E-state index < -0.39 is 10.2 Å². The molecule has 0 aliphatic carbocycles. The Labute approximate surface area is 124 Å². The molecule has 8 nitrogen and oxygen atoms in total. The fourth-order valence-electron chi connectivity index (χ4n) is 2.24. The number of carbonyl (C=O) groups excluding carboxylic acids is 1. The molecule has 2 N–H and O–H groups in total. The van der Waals surface area contributed by atoms with Crippen LogP contribution in [0.2, 0.25) is 0 Å². The Morgan fingerprint density at radius 2 is 2.19 bits per heavy atom. The van der Waals surface area contributed by atoms with Crippen LogP contribution in [0.3, 0.4) is 0 Å². The quantitative estimate of drug-likeness (QED) is 0.776. The minimum absolute atomic E-state index is 0.217. The number of hydrogen-bond acceptors (Lipinski definition) is 5. The molecule has 2 heterocycles. The Morgan fingerprint density at radius 3 is 2.71 bits per heavy atom. The maximum absolute atomic E-state index is 12.3. The smallest absolute Gasteiger partial charge is 0.309 e. The van der Waals surface area contributed by atoms with Gasteiger partial charge in [-0.3, -0.25) is 14.6 Å². The third kappa shape index (κ3) is 3.73. The van der Waals surface area contributed by atoms with Crippen LogP contribution in [-0.2, 0) is 19.7 Å². The van der Waals surface area contributed by atoms with Gasteiger partial charge in [0.05, 0.1) is 18.7 Å². The number of aryl methyl sites for hydroxylation is 1. The molecule has 0 saturated carbocycles. The minimum atomic E-state index is -3.63. The first-order chi connectivity index (χ1) is 9.94. The Balaban J connectivity index is 1.95. The molecule has 0 atom stereocenters. The van der Waals surface area contributed by atoms with Crippen LogP contribution in [0, 0.1) is 12.8 Å². The van der Waals surface area contributed by atoms with Crippen molar-refractivity contribution >= 4 is 22.0 Å². The van der Waals surface area contributed by atoms with Gasteiger partial charge in [-0.15, -0.1) is 0 Å². The first kappa shape index (κ1) is 15.8. The molecule has 0 unspecified atom stereocenters. The normalized spacial score (nSPS) is 17.6. The standard InChI is InChI=1S/C12H20N4O4S/c1-3-20-12(17)10-4-6-16(7-5-10)21(18,19)15-11-9(2)8-13-14-11/h8,10H,3-7H2,1-2H3,(H2,13,14,15). The molecular formula is C12H20N4O4S. The number of nitrogens with one attached hydrogen (secondary N) is 2. The van der Waals surface area contributed by atoms with Gasteiger partial charge in [0.2, 0.25) is 0 Å². The van der Waals surface area contributed by atoms with Crippen molar-refractivity contribution in [2.24, 2.45) is 5.92 Å². The second-order valence-corrected chi connectivity index (χ2v) is 6.63. The molecule has 1 fully saturated rings. The number of carbonyl (C=O) groups is 1. The minimum Gasteiger partial charge on any atom is -0.466 e. The molecule has 1 aliphatic heterocycles. The van der Waals surface area contributed by atoms with Crippen molar-refractivity contribution < 1.29 is 17.9 Å². The number of piperidine rings is 1. The SMILES string of the molecule is CCOC(=O)C1CCN(S(=O)(=O)Nc2[nH]ncc2C)CC1. The predicted octanol–water partition coefficient (Wildman–Crippen LogP) is 0.650. The van der Waals surface area contributed by atoms with Crippen LogP contribution in [0.15, 0.2) is 6.20 Å². The number of nitrogens with zero attached hydrogens (tertiary/aromatic N) is 2. The van der Waals surface area contributed by atoms with Crippen molar-refractivity contribution in [3.8, 4) is 0 Å². The van der Waals surface area contributed by atoms with Crippen molar-refractivity contribution in [2.75, 3.05) is 24.4 Å². The van der Waals surface area contributed by atoms with Crippen LogP contribution < -0.4 is 4.72 Å². The fraction of sp³-hybridized carbons (Fsp3) is 0.667. The number of H-pyrrole nitrogens is 1. The van der Waals surface area contributed by atoms with Gasteiger partial charge in [0.25, 0.3) is 0 Å². The monoisotopic (exact) mass is 316 g/mol. The maximum Gasteiger partial charge on any atom is 0.309 e. The number of ether oxygens (including phenoxy) is 1. The second kappa shape index (κ2) is 6.44.